The molecule has 6 rings (SSSR count). The van der Waals surface area contributed by atoms with Crippen molar-refractivity contribution in [2.45, 2.75) is 19.4 Å². The van der Waals surface area contributed by atoms with E-state index in [1.54, 1.807) is 29.4 Å². The van der Waals surface area contributed by atoms with E-state index in [0.717, 1.165) is 40.3 Å². The average Bonchev–Trinajstić information content (AvgIpc) is 3.67. The predicted octanol–water partition coefficient (Wildman–Crippen LogP) is 6.32. The number of carbonyl (C=O) groups excluding carboxylic acids is 1. The monoisotopic (exact) mass is 536 g/mol. The molecule has 1 amide bonds. The summed E-state index contributed by atoms with van der Waals surface area (Å²) in [7, 11) is 1.96. The summed E-state index contributed by atoms with van der Waals surface area (Å²) in [4.78, 5) is 27.8. The van der Waals surface area contributed by atoms with Gasteiger partial charge in [0, 0.05) is 59.9 Å². The summed E-state index contributed by atoms with van der Waals surface area (Å²) in [6.07, 6.45) is 8.53. The second kappa shape index (κ2) is 10.2. The average molecular weight is 537 g/mol. The van der Waals surface area contributed by atoms with Gasteiger partial charge in [0.15, 0.2) is 0 Å². The predicted molar refractivity (Wildman–Crippen MR) is 151 cm³/mol. The molecule has 39 heavy (non-hydrogen) atoms. The zero-order valence-electron chi connectivity index (χ0n) is 21.4. The van der Waals surface area contributed by atoms with Gasteiger partial charge in [0.25, 0.3) is 0 Å². The Morgan fingerprint density at radius 3 is 2.59 bits per heavy atom. The number of aryl methyl sites for hydroxylation is 1. The molecule has 1 atom stereocenters. The molecule has 0 saturated heterocycles. The Kier molecular flexibility index (Phi) is 6.46. The zero-order chi connectivity index (χ0) is 26.9. The second-order valence-corrected chi connectivity index (χ2v) is 9.71. The summed E-state index contributed by atoms with van der Waals surface area (Å²) in [6.45, 7) is 1.97. The van der Waals surface area contributed by atoms with Gasteiger partial charge in [-0.1, -0.05) is 29.8 Å². The molecule has 0 unspecified atom stereocenters. The summed E-state index contributed by atoms with van der Waals surface area (Å²) in [5.74, 6) is 2.04. The Labute approximate surface area is 230 Å². The molecule has 4 heterocycles. The number of anilines is 1. The molecule has 0 radical (unpaired) electrons. The fraction of sp³-hybridized carbons (Fsp3) is 0.133. The van der Waals surface area contributed by atoms with Crippen molar-refractivity contribution in [3.8, 4) is 16.9 Å². The van der Waals surface area contributed by atoms with Crippen LogP contribution in [0.15, 0.2) is 95.9 Å². The van der Waals surface area contributed by atoms with Crippen LogP contribution in [-0.4, -0.2) is 30.5 Å². The Hall–Kier alpha value is -4.69. The molecule has 0 aliphatic rings. The number of carbonyl (C=O) groups is 1. The Balaban J connectivity index is 1.39. The lowest BCUT2D eigenvalue weighted by Crippen LogP contribution is -2.31. The van der Waals surface area contributed by atoms with E-state index in [-0.39, 0.29) is 0 Å². The molecule has 194 valence electrons. The number of hydrogen-bond acceptors (Lipinski definition) is 5. The van der Waals surface area contributed by atoms with Crippen LogP contribution >= 0.6 is 11.6 Å². The number of hydrogen-bond donors (Lipinski definition) is 0. The molecule has 0 N–H and O–H groups in total. The summed E-state index contributed by atoms with van der Waals surface area (Å²) in [5, 5.41) is 1.41. The summed E-state index contributed by atoms with van der Waals surface area (Å²) < 4.78 is 10.1. The first kappa shape index (κ1) is 24.6. The highest BCUT2D eigenvalue weighted by Crippen LogP contribution is 2.35. The number of rotatable bonds is 8. The molecule has 0 spiro atoms. The van der Waals surface area contributed by atoms with Gasteiger partial charge in [-0.2, -0.15) is 0 Å². The molecule has 0 aliphatic heterocycles. The number of halogens is 1. The fourth-order valence-corrected chi connectivity index (χ4v) is 5.06. The fourth-order valence-electron chi connectivity index (χ4n) is 4.88. The SMILES string of the molecule is Cc1nccn1-c1ccc(-c2cnc([C@H](Cc3ccccn3)N(C=O)c3cc4cc(Cl)ccc4o3)n2C)cc1. The summed E-state index contributed by atoms with van der Waals surface area (Å²) in [6, 6.07) is 20.7. The van der Waals surface area contributed by atoms with Crippen LogP contribution in [0.5, 0.6) is 0 Å². The first-order valence-corrected chi connectivity index (χ1v) is 12.8. The van der Waals surface area contributed by atoms with E-state index in [1.807, 2.05) is 65.8 Å². The lowest BCUT2D eigenvalue weighted by molar-refractivity contribution is -0.108. The molecule has 4 aromatic heterocycles. The van der Waals surface area contributed by atoms with E-state index in [4.69, 9.17) is 21.0 Å². The molecule has 8 nitrogen and oxygen atoms in total. The molecule has 2 aromatic carbocycles. The van der Waals surface area contributed by atoms with Crippen LogP contribution in [0.25, 0.3) is 27.9 Å². The lowest BCUT2D eigenvalue weighted by Gasteiger charge is -2.26. The normalized spacial score (nSPS) is 12.1. The van der Waals surface area contributed by atoms with E-state index in [2.05, 4.69) is 34.2 Å². The van der Waals surface area contributed by atoms with Crippen molar-refractivity contribution < 1.29 is 9.21 Å². The quantitative estimate of drug-likeness (QED) is 0.212. The topological polar surface area (TPSA) is 82.0 Å². The highest BCUT2D eigenvalue weighted by Gasteiger charge is 2.29. The van der Waals surface area contributed by atoms with Crippen molar-refractivity contribution in [2.75, 3.05) is 4.90 Å². The molecule has 9 heteroatoms. The van der Waals surface area contributed by atoms with E-state index >= 15 is 0 Å². The van der Waals surface area contributed by atoms with Gasteiger partial charge in [-0.05, 0) is 55.0 Å². The van der Waals surface area contributed by atoms with Crippen molar-refractivity contribution >= 4 is 34.9 Å². The first-order chi connectivity index (χ1) is 19.0. The number of nitrogens with zero attached hydrogens (tertiary/aromatic N) is 6. The molecule has 0 fully saturated rings. The highest BCUT2D eigenvalue weighted by atomic mass is 35.5. The maximum atomic E-state index is 12.6. The number of furan rings is 1. The smallest absolute Gasteiger partial charge is 0.217 e. The second-order valence-electron chi connectivity index (χ2n) is 9.27. The van der Waals surface area contributed by atoms with Gasteiger partial charge < -0.3 is 13.6 Å². The van der Waals surface area contributed by atoms with Crippen molar-refractivity contribution in [3.05, 3.63) is 114 Å². The van der Waals surface area contributed by atoms with Crippen molar-refractivity contribution in [1.29, 1.82) is 0 Å². The Morgan fingerprint density at radius 2 is 1.87 bits per heavy atom. The number of pyridine rings is 1. The third-order valence-corrected chi connectivity index (χ3v) is 7.12. The Bertz CT molecular complexity index is 1750. The number of fused-ring (bicyclic) bond motifs is 1. The van der Waals surface area contributed by atoms with E-state index in [9.17, 15) is 4.79 Å². The minimum atomic E-state index is -0.472. The van der Waals surface area contributed by atoms with Crippen LogP contribution in [0, 0.1) is 6.92 Å². The maximum absolute atomic E-state index is 12.6. The van der Waals surface area contributed by atoms with Crippen molar-refractivity contribution in [3.63, 3.8) is 0 Å². The lowest BCUT2D eigenvalue weighted by atomic mass is 10.1. The molecule has 0 bridgehead atoms. The third-order valence-electron chi connectivity index (χ3n) is 6.89. The Morgan fingerprint density at radius 1 is 1.03 bits per heavy atom. The van der Waals surface area contributed by atoms with Crippen LogP contribution in [0.1, 0.15) is 23.4 Å². The van der Waals surface area contributed by atoms with Gasteiger partial charge in [0.05, 0.1) is 11.9 Å². The van der Waals surface area contributed by atoms with Gasteiger partial charge in [0.2, 0.25) is 12.3 Å². The molecule has 0 aliphatic carbocycles. The minimum Gasteiger partial charge on any atom is -0.440 e. The minimum absolute atomic E-state index is 0.410. The molecule has 6 aromatic rings. The molecular weight excluding hydrogens is 512 g/mol. The third kappa shape index (κ3) is 4.70. The van der Waals surface area contributed by atoms with Crippen LogP contribution in [0.2, 0.25) is 5.02 Å². The standard InChI is InChI=1S/C30H25ClN6O2/c1-20-32-13-14-36(20)25-9-6-21(7-10-25)27-18-34-30(35(27)2)26(17-24-5-3-4-12-33-24)37(19-38)29-16-22-15-23(31)8-11-28(22)39-29/h3-16,18-19,26H,17H2,1-2H3/t26-/m0/s1. The summed E-state index contributed by atoms with van der Waals surface area (Å²) in [5.41, 5.74) is 4.43. The van der Waals surface area contributed by atoms with Gasteiger partial charge >= 0.3 is 0 Å². The maximum Gasteiger partial charge on any atom is 0.217 e. The number of benzene rings is 2. The van der Waals surface area contributed by atoms with Crippen LogP contribution < -0.4 is 4.90 Å². The zero-order valence-corrected chi connectivity index (χ0v) is 22.2. The van der Waals surface area contributed by atoms with Crippen LogP contribution in [0.4, 0.5) is 5.88 Å². The van der Waals surface area contributed by atoms with Gasteiger partial charge in [-0.15, -0.1) is 0 Å². The summed E-state index contributed by atoms with van der Waals surface area (Å²) >= 11 is 6.18. The van der Waals surface area contributed by atoms with Crippen molar-refractivity contribution in [2.24, 2.45) is 7.05 Å². The number of aromatic nitrogens is 5. The van der Waals surface area contributed by atoms with Gasteiger partial charge in [-0.3, -0.25) is 14.7 Å². The van der Waals surface area contributed by atoms with E-state index in [0.29, 0.717) is 28.7 Å². The van der Waals surface area contributed by atoms with Gasteiger partial charge in [-0.25, -0.2) is 9.97 Å². The number of amides is 1. The van der Waals surface area contributed by atoms with E-state index < -0.39 is 6.04 Å². The van der Waals surface area contributed by atoms with E-state index in [1.165, 1.54) is 0 Å². The highest BCUT2D eigenvalue weighted by molar-refractivity contribution is 6.31. The van der Waals surface area contributed by atoms with Crippen LogP contribution in [0.3, 0.4) is 0 Å². The molecular formula is C30H25ClN6O2. The van der Waals surface area contributed by atoms with Gasteiger partial charge in [0.1, 0.15) is 23.3 Å². The van der Waals surface area contributed by atoms with Crippen molar-refractivity contribution in [1.82, 2.24) is 24.1 Å². The van der Waals surface area contributed by atoms with Crippen LogP contribution in [-0.2, 0) is 18.3 Å². The largest absolute Gasteiger partial charge is 0.440 e. The number of imidazole rings is 2. The first-order valence-electron chi connectivity index (χ1n) is 12.5. The molecule has 0 saturated carbocycles.